The summed E-state index contributed by atoms with van der Waals surface area (Å²) in [5.74, 6) is -0.0754. The minimum absolute atomic E-state index is 0.0754. The van der Waals surface area contributed by atoms with E-state index in [1.165, 1.54) is 0 Å². The molecule has 1 heterocycles. The molecule has 0 aliphatic heterocycles. The van der Waals surface area contributed by atoms with Crippen LogP contribution in [-0.4, -0.2) is 35.4 Å². The van der Waals surface area contributed by atoms with Crippen molar-refractivity contribution in [1.82, 2.24) is 15.1 Å². The lowest BCUT2D eigenvalue weighted by molar-refractivity contribution is -0.123. The molecule has 1 aromatic heterocycles. The number of aryl methyl sites for hydroxylation is 1. The molecule has 0 aliphatic rings. The predicted molar refractivity (Wildman–Crippen MR) is 89.4 cm³/mol. The number of rotatable bonds is 7. The second kappa shape index (κ2) is 7.89. The molecule has 0 bridgehead atoms. The summed E-state index contributed by atoms with van der Waals surface area (Å²) >= 11 is 0. The van der Waals surface area contributed by atoms with E-state index in [-0.39, 0.29) is 18.4 Å². The number of para-hydroxylation sites is 1. The summed E-state index contributed by atoms with van der Waals surface area (Å²) in [4.78, 5) is 12.0. The van der Waals surface area contributed by atoms with Gasteiger partial charge in [0.2, 0.25) is 5.91 Å². The smallest absolute Gasteiger partial charge is 0.222 e. The molecule has 23 heavy (non-hydrogen) atoms. The van der Waals surface area contributed by atoms with Crippen molar-refractivity contribution in [2.24, 2.45) is 5.73 Å². The zero-order valence-electron chi connectivity index (χ0n) is 13.9. The molecule has 0 radical (unpaired) electrons. The standard InChI is InChI=1S/C17H24N4O2/c1-12-16(11-19-17(22)9-15(10-18)23-3)13(2)21(20-12)14-7-5-4-6-8-14/h4-8,15H,9-11,18H2,1-3H3,(H,19,22). The number of benzene rings is 1. The molecular formula is C17H24N4O2. The number of carbonyl (C=O) groups is 1. The van der Waals surface area contributed by atoms with Gasteiger partial charge in [-0.25, -0.2) is 4.68 Å². The van der Waals surface area contributed by atoms with E-state index in [9.17, 15) is 4.79 Å². The van der Waals surface area contributed by atoms with Gasteiger partial charge in [-0.2, -0.15) is 5.10 Å². The fraction of sp³-hybridized carbons (Fsp3) is 0.412. The molecule has 1 amide bonds. The Kier molecular flexibility index (Phi) is 5.90. The number of carbonyl (C=O) groups excluding carboxylic acids is 1. The largest absolute Gasteiger partial charge is 0.380 e. The van der Waals surface area contributed by atoms with Gasteiger partial charge in [0.1, 0.15) is 0 Å². The van der Waals surface area contributed by atoms with E-state index in [0.717, 1.165) is 22.6 Å². The lowest BCUT2D eigenvalue weighted by atomic mass is 10.2. The first-order chi connectivity index (χ1) is 11.1. The summed E-state index contributed by atoms with van der Waals surface area (Å²) in [7, 11) is 1.56. The van der Waals surface area contributed by atoms with Crippen molar-refractivity contribution in [1.29, 1.82) is 0 Å². The molecule has 0 saturated carbocycles. The van der Waals surface area contributed by atoms with Gasteiger partial charge in [0.05, 0.1) is 23.9 Å². The Balaban J connectivity index is 2.07. The number of amides is 1. The molecule has 0 aliphatic carbocycles. The van der Waals surface area contributed by atoms with Crippen LogP contribution in [0, 0.1) is 13.8 Å². The maximum atomic E-state index is 12.0. The predicted octanol–water partition coefficient (Wildman–Crippen LogP) is 1.47. The Morgan fingerprint density at radius 2 is 2.04 bits per heavy atom. The first-order valence-electron chi connectivity index (χ1n) is 7.66. The number of nitrogens with zero attached hydrogens (tertiary/aromatic N) is 2. The van der Waals surface area contributed by atoms with Crippen LogP contribution in [-0.2, 0) is 16.1 Å². The highest BCUT2D eigenvalue weighted by atomic mass is 16.5. The Bertz CT molecular complexity index is 648. The summed E-state index contributed by atoms with van der Waals surface area (Å²) < 4.78 is 7.03. The number of hydrogen-bond acceptors (Lipinski definition) is 4. The number of ether oxygens (including phenoxy) is 1. The lowest BCUT2D eigenvalue weighted by Gasteiger charge is -2.12. The van der Waals surface area contributed by atoms with Gasteiger partial charge in [0, 0.05) is 31.5 Å². The SMILES string of the molecule is COC(CN)CC(=O)NCc1c(C)nn(-c2ccccc2)c1C. The average molecular weight is 316 g/mol. The molecule has 124 valence electrons. The van der Waals surface area contributed by atoms with Gasteiger partial charge in [-0.1, -0.05) is 18.2 Å². The van der Waals surface area contributed by atoms with Gasteiger partial charge < -0.3 is 15.8 Å². The molecule has 1 aromatic carbocycles. The number of aromatic nitrogens is 2. The topological polar surface area (TPSA) is 82.2 Å². The van der Waals surface area contributed by atoms with Crippen molar-refractivity contribution in [3.8, 4) is 5.69 Å². The van der Waals surface area contributed by atoms with Crippen molar-refractivity contribution in [3.05, 3.63) is 47.3 Å². The van der Waals surface area contributed by atoms with Gasteiger partial charge in [-0.3, -0.25) is 4.79 Å². The summed E-state index contributed by atoms with van der Waals surface area (Å²) in [6, 6.07) is 9.94. The number of nitrogens with one attached hydrogen (secondary N) is 1. The van der Waals surface area contributed by atoms with Crippen LogP contribution in [0.1, 0.15) is 23.4 Å². The molecule has 0 spiro atoms. The van der Waals surface area contributed by atoms with Crippen LogP contribution in [0.3, 0.4) is 0 Å². The second-order valence-corrected chi connectivity index (χ2v) is 5.47. The molecule has 6 nitrogen and oxygen atoms in total. The van der Waals surface area contributed by atoms with Crippen molar-refractivity contribution in [2.75, 3.05) is 13.7 Å². The summed E-state index contributed by atoms with van der Waals surface area (Å²) in [5, 5.41) is 7.49. The fourth-order valence-corrected chi connectivity index (χ4v) is 2.48. The maximum Gasteiger partial charge on any atom is 0.222 e. The third kappa shape index (κ3) is 4.18. The van der Waals surface area contributed by atoms with Crippen molar-refractivity contribution >= 4 is 5.91 Å². The van der Waals surface area contributed by atoms with Crippen LogP contribution in [0.4, 0.5) is 0 Å². The first-order valence-corrected chi connectivity index (χ1v) is 7.66. The Morgan fingerprint density at radius 1 is 1.35 bits per heavy atom. The average Bonchev–Trinajstić information content (AvgIpc) is 2.86. The minimum Gasteiger partial charge on any atom is -0.380 e. The van der Waals surface area contributed by atoms with Gasteiger partial charge in [-0.15, -0.1) is 0 Å². The number of nitrogens with two attached hydrogens (primary N) is 1. The van der Waals surface area contributed by atoms with Crippen LogP contribution < -0.4 is 11.1 Å². The minimum atomic E-state index is -0.246. The van der Waals surface area contributed by atoms with Crippen LogP contribution in [0.2, 0.25) is 0 Å². The van der Waals surface area contributed by atoms with Gasteiger partial charge >= 0.3 is 0 Å². The van der Waals surface area contributed by atoms with Gasteiger partial charge in [-0.05, 0) is 26.0 Å². The maximum absolute atomic E-state index is 12.0. The zero-order valence-corrected chi connectivity index (χ0v) is 13.9. The van der Waals surface area contributed by atoms with E-state index in [1.54, 1.807) is 7.11 Å². The lowest BCUT2D eigenvalue weighted by Crippen LogP contribution is -2.32. The van der Waals surface area contributed by atoms with Crippen LogP contribution >= 0.6 is 0 Å². The van der Waals surface area contributed by atoms with Crippen LogP contribution in [0.5, 0.6) is 0 Å². The molecule has 1 atom stereocenters. The quantitative estimate of drug-likeness (QED) is 0.810. The van der Waals surface area contributed by atoms with Gasteiger partial charge in [0.25, 0.3) is 0 Å². The highest BCUT2D eigenvalue weighted by molar-refractivity contribution is 5.76. The van der Waals surface area contributed by atoms with E-state index < -0.39 is 0 Å². The van der Waals surface area contributed by atoms with Crippen LogP contribution in [0.25, 0.3) is 5.69 Å². The van der Waals surface area contributed by atoms with E-state index in [4.69, 9.17) is 10.5 Å². The Labute approximate surface area is 136 Å². The summed E-state index contributed by atoms with van der Waals surface area (Å²) in [6.45, 7) is 4.73. The second-order valence-electron chi connectivity index (χ2n) is 5.47. The number of methoxy groups -OCH3 is 1. The fourth-order valence-electron chi connectivity index (χ4n) is 2.48. The highest BCUT2D eigenvalue weighted by Gasteiger charge is 2.15. The third-order valence-corrected chi connectivity index (χ3v) is 3.91. The molecule has 0 saturated heterocycles. The summed E-state index contributed by atoms with van der Waals surface area (Å²) in [6.07, 6.45) is 0.0157. The molecule has 2 aromatic rings. The van der Waals surface area contributed by atoms with Crippen LogP contribution in [0.15, 0.2) is 30.3 Å². The van der Waals surface area contributed by atoms with E-state index in [0.29, 0.717) is 13.1 Å². The van der Waals surface area contributed by atoms with Crippen molar-refractivity contribution < 1.29 is 9.53 Å². The molecule has 1 unspecified atom stereocenters. The van der Waals surface area contributed by atoms with Crippen molar-refractivity contribution in [3.63, 3.8) is 0 Å². The molecule has 6 heteroatoms. The third-order valence-electron chi connectivity index (χ3n) is 3.91. The van der Waals surface area contributed by atoms with Gasteiger partial charge in [0.15, 0.2) is 0 Å². The Hall–Kier alpha value is -2.18. The van der Waals surface area contributed by atoms with Crippen molar-refractivity contribution in [2.45, 2.75) is 32.9 Å². The number of hydrogen-bond donors (Lipinski definition) is 2. The van der Waals surface area contributed by atoms with E-state index >= 15 is 0 Å². The Morgan fingerprint density at radius 3 is 2.65 bits per heavy atom. The molecule has 0 fully saturated rings. The molecule has 2 rings (SSSR count). The van der Waals surface area contributed by atoms with E-state index in [1.807, 2.05) is 48.9 Å². The molecular weight excluding hydrogens is 292 g/mol. The monoisotopic (exact) mass is 316 g/mol. The van der Waals surface area contributed by atoms with E-state index in [2.05, 4.69) is 10.4 Å². The zero-order chi connectivity index (χ0) is 16.8. The highest BCUT2D eigenvalue weighted by Crippen LogP contribution is 2.17. The molecule has 3 N–H and O–H groups in total. The normalized spacial score (nSPS) is 12.2. The summed E-state index contributed by atoms with van der Waals surface area (Å²) in [5.41, 5.74) is 9.51. The first kappa shape index (κ1) is 17.2.